The zero-order valence-corrected chi connectivity index (χ0v) is 19.4. The Labute approximate surface area is 189 Å². The van der Waals surface area contributed by atoms with E-state index in [2.05, 4.69) is 10.0 Å². The van der Waals surface area contributed by atoms with Crippen LogP contribution in [-0.4, -0.2) is 51.4 Å². The van der Waals surface area contributed by atoms with Gasteiger partial charge in [-0.2, -0.15) is 0 Å². The summed E-state index contributed by atoms with van der Waals surface area (Å²) in [6.07, 6.45) is 2.59. The van der Waals surface area contributed by atoms with Crippen LogP contribution >= 0.6 is 0 Å². The fourth-order valence-corrected chi connectivity index (χ4v) is 4.59. The van der Waals surface area contributed by atoms with Crippen LogP contribution in [0.25, 0.3) is 0 Å². The highest BCUT2D eigenvalue weighted by Crippen LogP contribution is 2.27. The lowest BCUT2D eigenvalue weighted by molar-refractivity contribution is 0.0788. The van der Waals surface area contributed by atoms with Gasteiger partial charge in [-0.05, 0) is 56.5 Å². The van der Waals surface area contributed by atoms with Crippen LogP contribution in [0, 0.1) is 0 Å². The molecule has 1 fully saturated rings. The SMILES string of the molecule is CC[C@H](C)NC(=O)c1ccccc1NS(=O)(=O)c1ccc(OC)c(C(=O)N2CCCC2)c1. The van der Waals surface area contributed by atoms with E-state index < -0.39 is 10.0 Å². The molecule has 1 saturated heterocycles. The summed E-state index contributed by atoms with van der Waals surface area (Å²) in [4.78, 5) is 27.1. The van der Waals surface area contributed by atoms with Crippen LogP contribution in [-0.2, 0) is 10.0 Å². The molecular formula is C23H29N3O5S. The zero-order valence-electron chi connectivity index (χ0n) is 18.6. The normalized spacial score (nSPS) is 14.7. The van der Waals surface area contributed by atoms with Gasteiger partial charge in [-0.1, -0.05) is 19.1 Å². The number of ether oxygens (including phenoxy) is 1. The van der Waals surface area contributed by atoms with E-state index >= 15 is 0 Å². The third-order valence-electron chi connectivity index (χ3n) is 5.51. The van der Waals surface area contributed by atoms with Gasteiger partial charge in [0.2, 0.25) is 0 Å². The number of hydrogen-bond acceptors (Lipinski definition) is 5. The van der Waals surface area contributed by atoms with E-state index in [9.17, 15) is 18.0 Å². The van der Waals surface area contributed by atoms with Gasteiger partial charge in [-0.15, -0.1) is 0 Å². The topological polar surface area (TPSA) is 105 Å². The van der Waals surface area contributed by atoms with Crippen molar-refractivity contribution in [1.29, 1.82) is 0 Å². The summed E-state index contributed by atoms with van der Waals surface area (Å²) in [6, 6.07) is 10.5. The summed E-state index contributed by atoms with van der Waals surface area (Å²) in [5.41, 5.74) is 0.579. The molecule has 0 aromatic heterocycles. The van der Waals surface area contributed by atoms with Crippen molar-refractivity contribution >= 4 is 27.5 Å². The van der Waals surface area contributed by atoms with E-state index in [1.54, 1.807) is 23.1 Å². The molecule has 0 aliphatic carbocycles. The fourth-order valence-electron chi connectivity index (χ4n) is 3.49. The molecule has 2 aromatic carbocycles. The van der Waals surface area contributed by atoms with Gasteiger partial charge >= 0.3 is 0 Å². The first-order chi connectivity index (χ1) is 15.3. The molecule has 32 heavy (non-hydrogen) atoms. The first kappa shape index (κ1) is 23.6. The summed E-state index contributed by atoms with van der Waals surface area (Å²) in [7, 11) is -2.63. The van der Waals surface area contributed by atoms with Crippen LogP contribution in [0.2, 0.25) is 0 Å². The van der Waals surface area contributed by atoms with E-state index in [4.69, 9.17) is 4.74 Å². The van der Waals surface area contributed by atoms with Crippen LogP contribution < -0.4 is 14.8 Å². The van der Waals surface area contributed by atoms with E-state index in [1.807, 2.05) is 13.8 Å². The Hall–Kier alpha value is -3.07. The highest BCUT2D eigenvalue weighted by Gasteiger charge is 2.26. The van der Waals surface area contributed by atoms with Crippen molar-refractivity contribution in [2.24, 2.45) is 0 Å². The molecule has 1 heterocycles. The molecule has 2 aromatic rings. The van der Waals surface area contributed by atoms with Gasteiger partial charge in [0, 0.05) is 19.1 Å². The van der Waals surface area contributed by atoms with Crippen molar-refractivity contribution in [3.63, 3.8) is 0 Å². The van der Waals surface area contributed by atoms with Crippen LogP contribution in [0.3, 0.4) is 0 Å². The molecule has 9 heteroatoms. The molecule has 2 N–H and O–H groups in total. The second-order valence-electron chi connectivity index (χ2n) is 7.80. The Morgan fingerprint density at radius 3 is 2.44 bits per heavy atom. The summed E-state index contributed by atoms with van der Waals surface area (Å²) in [5, 5.41) is 2.84. The molecular weight excluding hydrogens is 430 g/mol. The number of carbonyl (C=O) groups is 2. The van der Waals surface area contributed by atoms with Gasteiger partial charge in [0.15, 0.2) is 0 Å². The second-order valence-corrected chi connectivity index (χ2v) is 9.48. The lowest BCUT2D eigenvalue weighted by atomic mass is 10.1. The maximum absolute atomic E-state index is 13.1. The van der Waals surface area contributed by atoms with E-state index in [-0.39, 0.29) is 39.6 Å². The number of benzene rings is 2. The van der Waals surface area contributed by atoms with Crippen molar-refractivity contribution in [3.05, 3.63) is 53.6 Å². The quantitative estimate of drug-likeness (QED) is 0.630. The molecule has 2 amide bonds. The third-order valence-corrected chi connectivity index (χ3v) is 6.87. The molecule has 3 rings (SSSR count). The molecule has 0 radical (unpaired) electrons. The second kappa shape index (κ2) is 10.0. The monoisotopic (exact) mass is 459 g/mol. The standard InChI is InChI=1S/C23H29N3O5S/c1-4-16(2)24-22(27)18-9-5-6-10-20(18)25-32(29,30)17-11-12-21(31-3)19(15-17)23(28)26-13-7-8-14-26/h5-6,9-12,15-16,25H,4,7-8,13-14H2,1-3H3,(H,24,27)/t16-/m0/s1. The van der Waals surface area contributed by atoms with Crippen molar-refractivity contribution in [3.8, 4) is 5.75 Å². The van der Waals surface area contributed by atoms with Gasteiger partial charge in [0.1, 0.15) is 5.75 Å². The fraction of sp³-hybridized carbons (Fsp3) is 0.391. The van der Waals surface area contributed by atoms with Crippen LogP contribution in [0.1, 0.15) is 53.8 Å². The van der Waals surface area contributed by atoms with Gasteiger partial charge in [-0.25, -0.2) is 8.42 Å². The summed E-state index contributed by atoms with van der Waals surface area (Å²) >= 11 is 0. The maximum atomic E-state index is 13.1. The summed E-state index contributed by atoms with van der Waals surface area (Å²) in [5.74, 6) is -0.309. The molecule has 8 nitrogen and oxygen atoms in total. The van der Waals surface area contributed by atoms with E-state index in [0.717, 1.165) is 19.3 Å². The Balaban J connectivity index is 1.92. The number of nitrogens with zero attached hydrogens (tertiary/aromatic N) is 1. The van der Waals surface area contributed by atoms with Crippen LogP contribution in [0.15, 0.2) is 47.4 Å². The average Bonchev–Trinajstić information content (AvgIpc) is 3.33. The molecule has 0 unspecified atom stereocenters. The number of rotatable bonds is 8. The highest BCUT2D eigenvalue weighted by molar-refractivity contribution is 7.92. The predicted octanol–water partition coefficient (Wildman–Crippen LogP) is 3.26. The summed E-state index contributed by atoms with van der Waals surface area (Å²) < 4.78 is 34.1. The molecule has 0 bridgehead atoms. The van der Waals surface area contributed by atoms with Crippen molar-refractivity contribution in [2.45, 2.75) is 44.0 Å². The van der Waals surface area contributed by atoms with Gasteiger partial charge in [-0.3, -0.25) is 14.3 Å². The Bertz CT molecular complexity index is 1090. The number of nitrogens with one attached hydrogen (secondary N) is 2. The minimum Gasteiger partial charge on any atom is -0.496 e. The van der Waals surface area contributed by atoms with Crippen LogP contribution in [0.4, 0.5) is 5.69 Å². The van der Waals surface area contributed by atoms with E-state index in [0.29, 0.717) is 18.8 Å². The lowest BCUT2D eigenvalue weighted by Gasteiger charge is -2.18. The molecule has 0 saturated carbocycles. The Kier molecular flexibility index (Phi) is 7.40. The number of likely N-dealkylation sites (tertiary alicyclic amines) is 1. The maximum Gasteiger partial charge on any atom is 0.261 e. The number of para-hydroxylation sites is 1. The number of carbonyl (C=O) groups excluding carboxylic acids is 2. The molecule has 1 atom stereocenters. The van der Waals surface area contributed by atoms with Crippen LogP contribution in [0.5, 0.6) is 5.75 Å². The number of hydrogen-bond donors (Lipinski definition) is 2. The number of anilines is 1. The number of amides is 2. The first-order valence-electron chi connectivity index (χ1n) is 10.7. The smallest absolute Gasteiger partial charge is 0.261 e. The minimum atomic E-state index is -4.06. The first-order valence-corrected chi connectivity index (χ1v) is 12.1. The number of sulfonamides is 1. The van der Waals surface area contributed by atoms with E-state index in [1.165, 1.54) is 31.4 Å². The van der Waals surface area contributed by atoms with Gasteiger partial charge < -0.3 is 15.0 Å². The predicted molar refractivity (Wildman–Crippen MR) is 123 cm³/mol. The largest absolute Gasteiger partial charge is 0.496 e. The van der Waals surface area contributed by atoms with Crippen molar-refractivity contribution in [1.82, 2.24) is 10.2 Å². The van der Waals surface area contributed by atoms with Gasteiger partial charge in [0.25, 0.3) is 21.8 Å². The highest BCUT2D eigenvalue weighted by atomic mass is 32.2. The molecule has 1 aliphatic heterocycles. The molecule has 172 valence electrons. The Morgan fingerprint density at radius 1 is 1.09 bits per heavy atom. The minimum absolute atomic E-state index is 0.0482. The van der Waals surface area contributed by atoms with Crippen molar-refractivity contribution in [2.75, 3.05) is 24.9 Å². The zero-order chi connectivity index (χ0) is 23.3. The number of methoxy groups -OCH3 is 1. The summed E-state index contributed by atoms with van der Waals surface area (Å²) in [6.45, 7) is 5.09. The van der Waals surface area contributed by atoms with Crippen molar-refractivity contribution < 1.29 is 22.7 Å². The average molecular weight is 460 g/mol. The molecule has 0 spiro atoms. The van der Waals surface area contributed by atoms with Gasteiger partial charge in [0.05, 0.1) is 28.8 Å². The third kappa shape index (κ3) is 5.21. The Morgan fingerprint density at radius 2 is 1.78 bits per heavy atom. The molecule has 1 aliphatic rings. The lowest BCUT2D eigenvalue weighted by Crippen LogP contribution is -2.32.